The fourth-order valence-corrected chi connectivity index (χ4v) is 7.83. The molecule has 9 heteroatoms. The van der Waals surface area contributed by atoms with E-state index in [0.29, 0.717) is 12.8 Å². The number of rotatable bonds is 40. The summed E-state index contributed by atoms with van der Waals surface area (Å²) in [6.45, 7) is 5.49. The summed E-state index contributed by atoms with van der Waals surface area (Å²) in [4.78, 5) is 26.7. The van der Waals surface area contributed by atoms with Crippen LogP contribution in [0.25, 0.3) is 0 Å². The first-order valence-corrected chi connectivity index (χ1v) is 22.7. The zero-order valence-corrected chi connectivity index (χ0v) is 34.9. The minimum Gasteiger partial charge on any atom is -0.726 e. The van der Waals surface area contributed by atoms with Crippen LogP contribution in [0.2, 0.25) is 0 Å². The Kier molecular flexibility index (Phi) is 37.0. The molecule has 0 radical (unpaired) electrons. The number of carbonyl (C=O) groups is 2. The molecule has 0 aliphatic carbocycles. The summed E-state index contributed by atoms with van der Waals surface area (Å²) in [5, 5.41) is 9.55. The molecule has 0 spiro atoms. The van der Waals surface area contributed by atoms with Gasteiger partial charge in [0.05, 0.1) is 11.5 Å². The highest BCUT2D eigenvalue weighted by Gasteiger charge is 2.37. The van der Waals surface area contributed by atoms with Crippen LogP contribution in [0.5, 0.6) is 0 Å². The molecule has 0 aromatic carbocycles. The number of carbonyl (C=O) groups excluding carboxylic acids is 2. The lowest BCUT2D eigenvalue weighted by molar-refractivity contribution is -0.135. The summed E-state index contributed by atoms with van der Waals surface area (Å²) in [6, 6.07) is 0. The number of aliphatic hydroxyl groups is 1. The van der Waals surface area contributed by atoms with Crippen molar-refractivity contribution >= 4 is 22.0 Å². The fourth-order valence-electron chi connectivity index (χ4n) is 7.19. The van der Waals surface area contributed by atoms with E-state index in [2.05, 4.69) is 13.8 Å². The van der Waals surface area contributed by atoms with Gasteiger partial charge in [-0.25, -0.2) is 8.42 Å². The average molecular weight is 748 g/mol. The topological polar surface area (TPSA) is 157 Å². The number of unbranched alkanes of at least 4 members (excludes halogenated alkanes) is 28. The molecule has 0 bridgehead atoms. The maximum Gasteiger partial charge on any atom is 0.218 e. The van der Waals surface area contributed by atoms with Crippen LogP contribution in [-0.2, 0) is 24.2 Å². The van der Waals surface area contributed by atoms with Crippen molar-refractivity contribution in [2.45, 2.75) is 245 Å². The van der Waals surface area contributed by atoms with E-state index in [9.17, 15) is 27.7 Å². The first-order chi connectivity index (χ1) is 24.1. The van der Waals surface area contributed by atoms with E-state index in [1.54, 1.807) is 0 Å². The lowest BCUT2D eigenvalue weighted by Gasteiger charge is -2.32. The van der Waals surface area contributed by atoms with E-state index < -0.39 is 28.5 Å². The van der Waals surface area contributed by atoms with Crippen molar-refractivity contribution in [1.82, 2.24) is 6.15 Å². The maximum atomic E-state index is 13.4. The van der Waals surface area contributed by atoms with E-state index in [-0.39, 0.29) is 43.4 Å². The van der Waals surface area contributed by atoms with Crippen molar-refractivity contribution in [3.8, 4) is 0 Å². The van der Waals surface area contributed by atoms with Crippen molar-refractivity contribution in [3.63, 3.8) is 0 Å². The van der Waals surface area contributed by atoms with Crippen LogP contribution in [0.4, 0.5) is 0 Å². The minimum absolute atomic E-state index is 0. The Labute approximate surface area is 316 Å². The normalized spacial score (nSPS) is 13.0. The zero-order valence-electron chi connectivity index (χ0n) is 34.1. The Hall–Kier alpha value is -0.870. The van der Waals surface area contributed by atoms with Crippen LogP contribution < -0.4 is 6.15 Å². The van der Waals surface area contributed by atoms with Gasteiger partial charge in [0, 0.05) is 25.9 Å². The molecule has 1 unspecified atom stereocenters. The average Bonchev–Trinajstić information content (AvgIpc) is 3.06. The third-order valence-corrected chi connectivity index (χ3v) is 11.0. The molecule has 8 nitrogen and oxygen atoms in total. The largest absolute Gasteiger partial charge is 0.726 e. The number of aliphatic hydroxyl groups excluding tert-OH is 1. The van der Waals surface area contributed by atoms with Gasteiger partial charge < -0.3 is 15.8 Å². The Bertz CT molecular complexity index is 852. The van der Waals surface area contributed by atoms with Crippen LogP contribution in [0.15, 0.2) is 0 Å². The van der Waals surface area contributed by atoms with Gasteiger partial charge in [-0.3, -0.25) is 13.8 Å². The third-order valence-electron chi connectivity index (χ3n) is 10.4. The highest BCUT2D eigenvalue weighted by atomic mass is 32.3. The molecule has 0 aromatic heterocycles. The summed E-state index contributed by atoms with van der Waals surface area (Å²) < 4.78 is 39.2. The van der Waals surface area contributed by atoms with Crippen molar-refractivity contribution in [2.24, 2.45) is 5.92 Å². The van der Waals surface area contributed by atoms with Gasteiger partial charge in [-0.05, 0) is 26.2 Å². The summed E-state index contributed by atoms with van der Waals surface area (Å²) >= 11 is 0. The minimum atomic E-state index is -5.07. The van der Waals surface area contributed by atoms with Crippen molar-refractivity contribution in [3.05, 3.63) is 0 Å². The van der Waals surface area contributed by atoms with Gasteiger partial charge in [0.25, 0.3) is 0 Å². The quantitative estimate of drug-likeness (QED) is 0.0273. The molecule has 0 rings (SSSR count). The smallest absolute Gasteiger partial charge is 0.218 e. The zero-order chi connectivity index (χ0) is 37.2. The first-order valence-electron chi connectivity index (χ1n) is 21.4. The van der Waals surface area contributed by atoms with Crippen LogP contribution in [0.1, 0.15) is 239 Å². The highest BCUT2D eigenvalue weighted by molar-refractivity contribution is 7.80. The standard InChI is InChI=1S/C42H82O7S.H3N/c1-4-6-8-10-12-14-16-18-20-22-24-26-28-30-32-34-40(44)39(38-42(3,36-37-43)49-50(46,47)48)41(45)35-33-31-29-27-25-23-21-19-17-15-13-11-9-7-5-2;/h39,43H,4-38H2,1-3H3,(H,46,47,48);1H3. The lowest BCUT2D eigenvalue weighted by Crippen LogP contribution is -2.39. The van der Waals surface area contributed by atoms with E-state index in [0.717, 1.165) is 38.5 Å². The second-order valence-corrected chi connectivity index (χ2v) is 16.5. The molecule has 5 N–H and O–H groups in total. The number of quaternary nitrogens is 1. The summed E-state index contributed by atoms with van der Waals surface area (Å²) in [7, 11) is -5.07. The number of ketones is 2. The van der Waals surface area contributed by atoms with Gasteiger partial charge in [0.15, 0.2) is 0 Å². The molecular weight excluding hydrogens is 663 g/mol. The van der Waals surface area contributed by atoms with Crippen LogP contribution in [0, 0.1) is 5.92 Å². The molecule has 306 valence electrons. The second-order valence-electron chi connectivity index (χ2n) is 15.5. The Morgan fingerprint density at radius 1 is 0.549 bits per heavy atom. The van der Waals surface area contributed by atoms with Crippen molar-refractivity contribution < 1.29 is 31.8 Å². The predicted octanol–water partition coefficient (Wildman–Crippen LogP) is 12.6. The summed E-state index contributed by atoms with van der Waals surface area (Å²) in [5.74, 6) is -1.44. The van der Waals surface area contributed by atoms with Gasteiger partial charge >= 0.3 is 0 Å². The van der Waals surface area contributed by atoms with Gasteiger partial charge in [-0.2, -0.15) is 0 Å². The second kappa shape index (κ2) is 36.1. The van der Waals surface area contributed by atoms with E-state index in [4.69, 9.17) is 4.18 Å². The monoisotopic (exact) mass is 748 g/mol. The van der Waals surface area contributed by atoms with Gasteiger partial charge in [0.2, 0.25) is 10.4 Å². The van der Waals surface area contributed by atoms with E-state index in [1.165, 1.54) is 148 Å². The molecule has 0 saturated heterocycles. The number of Topliss-reactive ketones (excluding diaryl/α,β-unsaturated/α-hetero) is 2. The van der Waals surface area contributed by atoms with Gasteiger partial charge in [0.1, 0.15) is 11.6 Å². The molecule has 0 aliphatic heterocycles. The lowest BCUT2D eigenvalue weighted by atomic mass is 9.81. The number of hydrogen-bond donors (Lipinski definition) is 2. The summed E-state index contributed by atoms with van der Waals surface area (Å²) in [6.07, 6.45) is 37.0. The summed E-state index contributed by atoms with van der Waals surface area (Å²) in [5.41, 5.74) is -1.60. The van der Waals surface area contributed by atoms with Gasteiger partial charge in [-0.15, -0.1) is 0 Å². The van der Waals surface area contributed by atoms with E-state index in [1.807, 2.05) is 0 Å². The van der Waals surface area contributed by atoms with Gasteiger partial charge in [-0.1, -0.05) is 194 Å². The highest BCUT2D eigenvalue weighted by Crippen LogP contribution is 2.30. The van der Waals surface area contributed by atoms with Crippen molar-refractivity contribution in [2.75, 3.05) is 6.61 Å². The molecule has 51 heavy (non-hydrogen) atoms. The fraction of sp³-hybridized carbons (Fsp3) is 0.952. The van der Waals surface area contributed by atoms with Crippen LogP contribution >= 0.6 is 0 Å². The molecule has 0 heterocycles. The first kappa shape index (κ1) is 52.2. The van der Waals surface area contributed by atoms with E-state index >= 15 is 0 Å². The Balaban J connectivity index is 0. The third kappa shape index (κ3) is 34.6. The Morgan fingerprint density at radius 3 is 1.04 bits per heavy atom. The molecule has 0 aliphatic rings. The van der Waals surface area contributed by atoms with Crippen LogP contribution in [0.3, 0.4) is 0 Å². The molecule has 1 atom stereocenters. The molecular formula is C42H85NO7S. The maximum absolute atomic E-state index is 13.4. The molecule has 0 saturated carbocycles. The molecule has 0 aromatic rings. The molecule has 0 fully saturated rings. The van der Waals surface area contributed by atoms with Crippen LogP contribution in [-0.4, -0.2) is 41.9 Å². The number of hydrogen-bond acceptors (Lipinski definition) is 7. The van der Waals surface area contributed by atoms with Crippen molar-refractivity contribution in [1.29, 1.82) is 0 Å². The Morgan fingerprint density at radius 2 is 0.804 bits per heavy atom. The molecule has 0 amide bonds. The predicted molar refractivity (Wildman–Crippen MR) is 214 cm³/mol. The SMILES string of the molecule is CCCCCCCCCCCCCCCCCC(=O)C(CC(C)(CCO)OS(=O)(=O)[O-])C(=O)CCCCCCCCCCCCCCCCC.[NH4+].